The van der Waals surface area contributed by atoms with Crippen LogP contribution in [0.3, 0.4) is 0 Å². The summed E-state index contributed by atoms with van der Waals surface area (Å²) in [5, 5.41) is 3.28. The van der Waals surface area contributed by atoms with Crippen molar-refractivity contribution in [2.45, 2.75) is 38.4 Å². The van der Waals surface area contributed by atoms with Gasteiger partial charge >= 0.3 is 0 Å². The number of hydrogen-bond acceptors (Lipinski definition) is 8. The summed E-state index contributed by atoms with van der Waals surface area (Å²) in [5.41, 5.74) is 0. The van der Waals surface area contributed by atoms with Gasteiger partial charge in [-0.1, -0.05) is 13.8 Å². The van der Waals surface area contributed by atoms with E-state index in [-0.39, 0.29) is 34.8 Å². The smallest absolute Gasteiger partial charge is 0.276 e. The van der Waals surface area contributed by atoms with Gasteiger partial charge in [-0.05, 0) is 23.5 Å². The fourth-order valence-corrected chi connectivity index (χ4v) is 3.47. The number of carbonyl (C=O) groups excluding carboxylic acids is 3. The van der Waals surface area contributed by atoms with E-state index in [0.717, 1.165) is 0 Å². The summed E-state index contributed by atoms with van der Waals surface area (Å²) >= 11 is 0.702. The molecule has 0 spiro atoms. The van der Waals surface area contributed by atoms with Crippen LogP contribution < -0.4 is 0 Å². The summed E-state index contributed by atoms with van der Waals surface area (Å²) in [6.07, 6.45) is -0.437. The first-order valence-electron chi connectivity index (χ1n) is 5.60. The van der Waals surface area contributed by atoms with Crippen LogP contribution in [0.4, 0.5) is 0 Å². The zero-order valence-corrected chi connectivity index (χ0v) is 13.4. The molecule has 1 unspecified atom stereocenters. The van der Waals surface area contributed by atoms with Crippen molar-refractivity contribution in [1.82, 2.24) is 0 Å². The van der Waals surface area contributed by atoms with Gasteiger partial charge in [-0.25, -0.2) is 0 Å². The molecule has 0 amide bonds. The summed E-state index contributed by atoms with van der Waals surface area (Å²) in [5.74, 6) is 0. The Morgan fingerprint density at radius 1 is 1.10 bits per heavy atom. The Bertz CT molecular complexity index is 513. The minimum atomic E-state index is -4.74. The van der Waals surface area contributed by atoms with Crippen LogP contribution in [0, 0.1) is 5.41 Å². The van der Waals surface area contributed by atoms with Crippen molar-refractivity contribution < 1.29 is 27.4 Å². The molecule has 0 aliphatic heterocycles. The first-order valence-corrected chi connectivity index (χ1v) is 8.74. The van der Waals surface area contributed by atoms with Gasteiger partial charge in [0.05, 0.1) is 5.04 Å². The Balaban J connectivity index is 4.93. The molecule has 0 rings (SSSR count). The van der Waals surface area contributed by atoms with Gasteiger partial charge in [0.1, 0.15) is 0 Å². The standard InChI is InChI=1S/C10H15NO6S3/c1-3-8(12)18-7(11)5-6(20(15,16)17)10(14)19-9(13)4-2/h6,11H,3-5H2,1-2H3,(H,15,16,17). The Morgan fingerprint density at radius 3 is 1.95 bits per heavy atom. The highest BCUT2D eigenvalue weighted by Gasteiger charge is 2.34. The Hall–Kier alpha value is -0.710. The average Bonchev–Trinajstić information content (AvgIpc) is 2.33. The molecule has 0 saturated heterocycles. The normalized spacial score (nSPS) is 12.8. The molecule has 0 aromatic carbocycles. The first-order chi connectivity index (χ1) is 9.11. The maximum absolute atomic E-state index is 11.7. The number of nitrogens with one attached hydrogen (secondary N) is 1. The molecule has 1 atom stereocenters. The third-order valence-electron chi connectivity index (χ3n) is 2.02. The molecule has 2 N–H and O–H groups in total. The lowest BCUT2D eigenvalue weighted by atomic mass is 10.3. The number of rotatable bonds is 6. The third kappa shape index (κ3) is 7.17. The van der Waals surface area contributed by atoms with Gasteiger partial charge in [-0.2, -0.15) is 8.42 Å². The van der Waals surface area contributed by atoms with Crippen LogP contribution in [0.5, 0.6) is 0 Å². The second kappa shape index (κ2) is 8.55. The van der Waals surface area contributed by atoms with Gasteiger partial charge < -0.3 is 0 Å². The van der Waals surface area contributed by atoms with E-state index in [4.69, 9.17) is 9.96 Å². The Kier molecular flexibility index (Phi) is 8.25. The highest BCUT2D eigenvalue weighted by atomic mass is 32.2. The summed E-state index contributed by atoms with van der Waals surface area (Å²) < 4.78 is 31.3. The molecule has 0 fully saturated rings. The van der Waals surface area contributed by atoms with Crippen molar-refractivity contribution in [2.24, 2.45) is 0 Å². The summed E-state index contributed by atoms with van der Waals surface area (Å²) in [7, 11) is -4.74. The SMILES string of the molecule is CCC(=O)SC(=N)CC(C(=O)SC(=O)CC)S(=O)(=O)O. The van der Waals surface area contributed by atoms with Gasteiger partial charge in [-0.15, -0.1) is 0 Å². The van der Waals surface area contributed by atoms with E-state index in [1.54, 1.807) is 6.92 Å². The van der Waals surface area contributed by atoms with E-state index >= 15 is 0 Å². The van der Waals surface area contributed by atoms with Crippen LogP contribution in [0.2, 0.25) is 0 Å². The summed E-state index contributed by atoms with van der Waals surface area (Å²) in [6, 6.07) is 0. The van der Waals surface area contributed by atoms with Crippen molar-refractivity contribution in [1.29, 1.82) is 5.41 Å². The number of hydrogen-bond donors (Lipinski definition) is 2. The first kappa shape index (κ1) is 19.3. The highest BCUT2D eigenvalue weighted by Crippen LogP contribution is 2.21. The molecule has 0 aromatic heterocycles. The minimum absolute atomic E-state index is 0.0368. The lowest BCUT2D eigenvalue weighted by Gasteiger charge is -2.11. The van der Waals surface area contributed by atoms with Crippen LogP contribution in [-0.4, -0.2) is 38.6 Å². The quantitative estimate of drug-likeness (QED) is 0.422. The predicted molar refractivity (Wildman–Crippen MR) is 78.5 cm³/mol. The largest absolute Gasteiger partial charge is 0.298 e. The van der Waals surface area contributed by atoms with Gasteiger partial charge in [0.2, 0.25) is 5.12 Å². The molecule has 0 bridgehead atoms. The molecule has 0 aromatic rings. The van der Waals surface area contributed by atoms with Gasteiger partial charge in [0, 0.05) is 19.3 Å². The van der Waals surface area contributed by atoms with Crippen LogP contribution in [-0.2, 0) is 24.5 Å². The highest BCUT2D eigenvalue weighted by molar-refractivity contribution is 8.27. The number of carbonyl (C=O) groups is 3. The van der Waals surface area contributed by atoms with E-state index in [9.17, 15) is 22.8 Å². The van der Waals surface area contributed by atoms with Gasteiger partial charge in [0.15, 0.2) is 15.5 Å². The molecular formula is C10H15NO6S3. The Labute approximate surface area is 125 Å². The molecule has 10 heteroatoms. The van der Waals surface area contributed by atoms with Crippen LogP contribution >= 0.6 is 23.5 Å². The van der Waals surface area contributed by atoms with E-state index in [2.05, 4.69) is 0 Å². The number of thioether (sulfide) groups is 2. The molecule has 0 radical (unpaired) electrons. The molecule has 0 saturated carbocycles. The topological polar surface area (TPSA) is 129 Å². The van der Waals surface area contributed by atoms with E-state index in [0.29, 0.717) is 11.8 Å². The van der Waals surface area contributed by atoms with Crippen LogP contribution in [0.15, 0.2) is 0 Å². The van der Waals surface area contributed by atoms with Crippen molar-refractivity contribution >= 4 is 54.0 Å². The molecular weight excluding hydrogens is 326 g/mol. The third-order valence-corrected chi connectivity index (χ3v) is 5.20. The second-order valence-corrected chi connectivity index (χ2v) is 7.42. The van der Waals surface area contributed by atoms with E-state index in [1.165, 1.54) is 6.92 Å². The molecule has 0 aliphatic carbocycles. The lowest BCUT2D eigenvalue weighted by molar-refractivity contribution is -0.113. The zero-order valence-electron chi connectivity index (χ0n) is 10.9. The summed E-state index contributed by atoms with van der Waals surface area (Å²) in [6.45, 7) is 3.08. The van der Waals surface area contributed by atoms with Crippen molar-refractivity contribution in [3.63, 3.8) is 0 Å². The van der Waals surface area contributed by atoms with Crippen LogP contribution in [0.1, 0.15) is 33.1 Å². The van der Waals surface area contributed by atoms with Crippen molar-refractivity contribution in [3.8, 4) is 0 Å². The second-order valence-electron chi connectivity index (χ2n) is 3.61. The molecule has 7 nitrogen and oxygen atoms in total. The predicted octanol–water partition coefficient (Wildman–Crippen LogP) is 1.48. The fourth-order valence-electron chi connectivity index (χ4n) is 0.980. The molecule has 0 heterocycles. The molecule has 0 aliphatic rings. The molecule has 114 valence electrons. The van der Waals surface area contributed by atoms with E-state index in [1.807, 2.05) is 0 Å². The Morgan fingerprint density at radius 2 is 1.55 bits per heavy atom. The van der Waals surface area contributed by atoms with Gasteiger partial charge in [-0.3, -0.25) is 24.3 Å². The van der Waals surface area contributed by atoms with Crippen molar-refractivity contribution in [2.75, 3.05) is 0 Å². The van der Waals surface area contributed by atoms with Crippen molar-refractivity contribution in [3.05, 3.63) is 0 Å². The monoisotopic (exact) mass is 341 g/mol. The minimum Gasteiger partial charge on any atom is -0.298 e. The fraction of sp³-hybridized carbons (Fsp3) is 0.600. The van der Waals surface area contributed by atoms with Gasteiger partial charge in [0.25, 0.3) is 10.1 Å². The zero-order chi connectivity index (χ0) is 15.9. The summed E-state index contributed by atoms with van der Waals surface area (Å²) in [4.78, 5) is 33.9. The maximum atomic E-state index is 11.7. The van der Waals surface area contributed by atoms with E-state index < -0.39 is 32.0 Å². The average molecular weight is 341 g/mol. The lowest BCUT2D eigenvalue weighted by Crippen LogP contribution is -2.30. The maximum Gasteiger partial charge on any atom is 0.276 e. The van der Waals surface area contributed by atoms with Crippen LogP contribution in [0.25, 0.3) is 0 Å². The molecule has 20 heavy (non-hydrogen) atoms.